The van der Waals surface area contributed by atoms with Gasteiger partial charge in [0.2, 0.25) is 0 Å². The molecule has 0 spiro atoms. The van der Waals surface area contributed by atoms with E-state index < -0.39 is 16.6 Å². The molecule has 3 nitrogen and oxygen atoms in total. The Morgan fingerprint density at radius 3 is 1.65 bits per heavy atom. The Kier molecular flexibility index (Phi) is 5.33. The fraction of sp³-hybridized carbons (Fsp3) is 0.136. The third-order valence-electron chi connectivity index (χ3n) is 4.65. The van der Waals surface area contributed by atoms with Gasteiger partial charge in [0.1, 0.15) is 11.0 Å². The number of rotatable bonds is 6. The molecule has 0 bridgehead atoms. The first-order valence-electron chi connectivity index (χ1n) is 8.27. The number of ether oxygens (including phenoxy) is 1. The third-order valence-corrected chi connectivity index (χ3v) is 5.26. The minimum atomic E-state index is -0.975. The molecule has 0 aliphatic rings. The molecule has 26 heavy (non-hydrogen) atoms. The highest BCUT2D eigenvalue weighted by Gasteiger charge is 2.45. The maximum atomic E-state index is 12.1. The third kappa shape index (κ3) is 3.08. The highest BCUT2D eigenvalue weighted by atomic mass is 32.1. The van der Waals surface area contributed by atoms with Gasteiger partial charge in [-0.1, -0.05) is 72.8 Å². The van der Waals surface area contributed by atoms with E-state index in [0.29, 0.717) is 0 Å². The summed E-state index contributed by atoms with van der Waals surface area (Å²) >= 11 is 4.56. The molecule has 1 unspecified atom stereocenters. The normalized spacial score (nSPS) is 12.4. The first-order chi connectivity index (χ1) is 12.6. The number of carboxylic acids is 1. The van der Waals surface area contributed by atoms with Crippen molar-refractivity contribution in [2.45, 2.75) is 10.7 Å². The minimum Gasteiger partial charge on any atom is -0.497 e. The van der Waals surface area contributed by atoms with Crippen molar-refractivity contribution in [3.63, 3.8) is 0 Å². The van der Waals surface area contributed by atoms with Crippen LogP contribution in [0.4, 0.5) is 0 Å². The molecule has 1 atom stereocenters. The van der Waals surface area contributed by atoms with Crippen LogP contribution in [-0.4, -0.2) is 23.4 Å². The quantitative estimate of drug-likeness (QED) is 0.503. The van der Waals surface area contributed by atoms with Crippen molar-refractivity contribution < 1.29 is 14.6 Å². The monoisotopic (exact) mass is 364 g/mol. The van der Waals surface area contributed by atoms with Crippen molar-refractivity contribution in [3.8, 4) is 5.75 Å². The van der Waals surface area contributed by atoms with Gasteiger partial charge in [-0.2, -0.15) is 12.6 Å². The standard InChI is InChI=1S/C22H20O3S/c1-25-19-14-12-18(13-15-19)22(20(26)21(23)24,16-8-4-2-5-9-16)17-10-6-3-7-11-17/h2-15,20,26H,1H3,(H,23,24). The second-order valence-electron chi connectivity index (χ2n) is 6.01. The molecule has 132 valence electrons. The van der Waals surface area contributed by atoms with E-state index in [9.17, 15) is 9.90 Å². The molecule has 0 radical (unpaired) electrons. The van der Waals surface area contributed by atoms with Crippen molar-refractivity contribution >= 4 is 18.6 Å². The number of carbonyl (C=O) groups is 1. The predicted octanol–water partition coefficient (Wildman–Crippen LogP) is 4.41. The molecule has 0 aromatic heterocycles. The Labute approximate surface area is 158 Å². The van der Waals surface area contributed by atoms with E-state index in [-0.39, 0.29) is 0 Å². The highest BCUT2D eigenvalue weighted by molar-refractivity contribution is 7.81. The van der Waals surface area contributed by atoms with Crippen LogP contribution in [0.1, 0.15) is 16.7 Å². The Morgan fingerprint density at radius 1 is 0.846 bits per heavy atom. The molecule has 0 fully saturated rings. The minimum absolute atomic E-state index is 0.717. The van der Waals surface area contributed by atoms with Gasteiger partial charge in [0.05, 0.1) is 12.5 Å². The first kappa shape index (κ1) is 18.1. The van der Waals surface area contributed by atoms with E-state index in [1.54, 1.807) is 7.11 Å². The SMILES string of the molecule is COc1ccc(C(c2ccccc2)(c2ccccc2)C(S)C(=O)O)cc1. The van der Waals surface area contributed by atoms with Gasteiger partial charge in [-0.05, 0) is 28.8 Å². The van der Waals surface area contributed by atoms with Crippen molar-refractivity contribution in [3.05, 3.63) is 102 Å². The molecule has 0 aliphatic heterocycles. The number of thiol groups is 1. The van der Waals surface area contributed by atoms with Gasteiger partial charge in [0.25, 0.3) is 0 Å². The molecule has 3 aromatic rings. The van der Waals surface area contributed by atoms with E-state index >= 15 is 0 Å². The number of benzene rings is 3. The zero-order valence-corrected chi connectivity index (χ0v) is 15.3. The summed E-state index contributed by atoms with van der Waals surface area (Å²) in [6.45, 7) is 0. The predicted molar refractivity (Wildman–Crippen MR) is 106 cm³/mol. The Bertz CT molecular complexity index is 821. The van der Waals surface area contributed by atoms with Gasteiger partial charge in [-0.25, -0.2) is 0 Å². The van der Waals surface area contributed by atoms with Crippen LogP contribution >= 0.6 is 12.6 Å². The number of carboxylic acid groups (broad SMARTS) is 1. The fourth-order valence-electron chi connectivity index (χ4n) is 3.41. The second kappa shape index (κ2) is 7.67. The maximum Gasteiger partial charge on any atom is 0.317 e. The summed E-state index contributed by atoms with van der Waals surface area (Å²) in [5.41, 5.74) is 1.65. The van der Waals surface area contributed by atoms with Crippen molar-refractivity contribution in [2.75, 3.05) is 7.11 Å². The summed E-state index contributed by atoms with van der Waals surface area (Å²) in [5.74, 6) is -0.258. The summed E-state index contributed by atoms with van der Waals surface area (Å²) in [4.78, 5) is 12.1. The Hall–Kier alpha value is -2.72. The van der Waals surface area contributed by atoms with E-state index in [2.05, 4.69) is 12.6 Å². The lowest BCUT2D eigenvalue weighted by atomic mass is 9.67. The topological polar surface area (TPSA) is 46.5 Å². The van der Waals surface area contributed by atoms with Crippen LogP contribution in [0, 0.1) is 0 Å². The van der Waals surface area contributed by atoms with Crippen LogP contribution < -0.4 is 4.74 Å². The van der Waals surface area contributed by atoms with Gasteiger partial charge in [0, 0.05) is 0 Å². The summed E-state index contributed by atoms with van der Waals surface area (Å²) in [6.07, 6.45) is 0. The van der Waals surface area contributed by atoms with Gasteiger partial charge >= 0.3 is 5.97 Å². The van der Waals surface area contributed by atoms with E-state index in [4.69, 9.17) is 4.74 Å². The average molecular weight is 364 g/mol. The first-order valence-corrected chi connectivity index (χ1v) is 8.78. The average Bonchev–Trinajstić information content (AvgIpc) is 2.70. The zero-order valence-electron chi connectivity index (χ0n) is 14.4. The number of aliphatic carboxylic acids is 1. The van der Waals surface area contributed by atoms with E-state index in [1.165, 1.54) is 0 Å². The van der Waals surface area contributed by atoms with Crippen LogP contribution in [0.2, 0.25) is 0 Å². The maximum absolute atomic E-state index is 12.1. The van der Waals surface area contributed by atoms with Gasteiger partial charge in [-0.15, -0.1) is 0 Å². The molecule has 0 heterocycles. The summed E-state index contributed by atoms with van der Waals surface area (Å²) < 4.78 is 5.27. The molecule has 0 amide bonds. The van der Waals surface area contributed by atoms with Crippen LogP contribution in [0.15, 0.2) is 84.9 Å². The summed E-state index contributed by atoms with van der Waals surface area (Å²) in [5, 5.41) is 8.93. The molecule has 0 saturated heterocycles. The number of methoxy groups -OCH3 is 1. The molecule has 0 aliphatic carbocycles. The second-order valence-corrected chi connectivity index (χ2v) is 6.53. The molecule has 3 aromatic carbocycles. The summed E-state index contributed by atoms with van der Waals surface area (Å²) in [7, 11) is 1.61. The Morgan fingerprint density at radius 2 is 1.27 bits per heavy atom. The van der Waals surface area contributed by atoms with Crippen LogP contribution in [0.3, 0.4) is 0 Å². The van der Waals surface area contributed by atoms with Crippen molar-refractivity contribution in [1.82, 2.24) is 0 Å². The molecule has 0 saturated carbocycles. The zero-order chi connectivity index (χ0) is 18.6. The highest BCUT2D eigenvalue weighted by Crippen LogP contribution is 2.44. The van der Waals surface area contributed by atoms with Crippen molar-refractivity contribution in [2.24, 2.45) is 0 Å². The van der Waals surface area contributed by atoms with Crippen LogP contribution in [0.25, 0.3) is 0 Å². The summed E-state index contributed by atoms with van der Waals surface area (Å²) in [6, 6.07) is 26.8. The van der Waals surface area contributed by atoms with Gasteiger partial charge in [-0.3, -0.25) is 4.79 Å². The van der Waals surface area contributed by atoms with Gasteiger partial charge in [0.15, 0.2) is 0 Å². The molecule has 4 heteroatoms. The molecule has 3 rings (SSSR count). The van der Waals surface area contributed by atoms with Crippen LogP contribution in [-0.2, 0) is 10.2 Å². The fourth-order valence-corrected chi connectivity index (χ4v) is 3.86. The lowest BCUT2D eigenvalue weighted by molar-refractivity contribution is -0.137. The lowest BCUT2D eigenvalue weighted by Crippen LogP contribution is -2.43. The van der Waals surface area contributed by atoms with E-state index in [0.717, 1.165) is 22.4 Å². The lowest BCUT2D eigenvalue weighted by Gasteiger charge is -2.38. The molecule has 1 N–H and O–H groups in total. The largest absolute Gasteiger partial charge is 0.497 e. The molecular formula is C22H20O3S. The van der Waals surface area contributed by atoms with Crippen molar-refractivity contribution in [1.29, 1.82) is 0 Å². The van der Waals surface area contributed by atoms with Gasteiger partial charge < -0.3 is 9.84 Å². The number of hydrogen-bond donors (Lipinski definition) is 2. The van der Waals surface area contributed by atoms with E-state index in [1.807, 2.05) is 84.9 Å². The molecular weight excluding hydrogens is 344 g/mol. The smallest absolute Gasteiger partial charge is 0.317 e. The Balaban J connectivity index is 2.36. The van der Waals surface area contributed by atoms with Crippen LogP contribution in [0.5, 0.6) is 5.75 Å². The number of hydrogen-bond acceptors (Lipinski definition) is 3.